The van der Waals surface area contributed by atoms with Crippen molar-refractivity contribution >= 4 is 0 Å². The van der Waals surface area contributed by atoms with E-state index in [4.69, 9.17) is 4.74 Å². The van der Waals surface area contributed by atoms with E-state index in [1.54, 1.807) is 6.08 Å². The molecule has 0 fully saturated rings. The molecule has 0 bridgehead atoms. The largest absolute Gasteiger partial charge is 0.489 e. The van der Waals surface area contributed by atoms with Crippen LogP contribution in [0.3, 0.4) is 0 Å². The lowest BCUT2D eigenvalue weighted by atomic mass is 9.83. The maximum absolute atomic E-state index is 9.57. The summed E-state index contributed by atoms with van der Waals surface area (Å²) in [6.45, 7) is 10.2. The Morgan fingerprint density at radius 2 is 2.00 bits per heavy atom. The van der Waals surface area contributed by atoms with Crippen LogP contribution >= 0.6 is 0 Å². The highest BCUT2D eigenvalue weighted by molar-refractivity contribution is 5.33. The van der Waals surface area contributed by atoms with Gasteiger partial charge < -0.3 is 15.2 Å². The lowest BCUT2D eigenvalue weighted by Crippen LogP contribution is -2.36. The van der Waals surface area contributed by atoms with Crippen LogP contribution < -0.4 is 10.1 Å². The first-order chi connectivity index (χ1) is 9.71. The molecule has 1 rings (SSSR count). The van der Waals surface area contributed by atoms with Crippen LogP contribution in [-0.2, 0) is 6.54 Å². The Balaban J connectivity index is 2.59. The average molecular weight is 277 g/mol. The van der Waals surface area contributed by atoms with Gasteiger partial charge in [0.05, 0.1) is 0 Å². The van der Waals surface area contributed by atoms with Crippen LogP contribution in [0.1, 0.15) is 32.3 Å². The van der Waals surface area contributed by atoms with Crippen molar-refractivity contribution < 1.29 is 9.84 Å². The standard InChI is InChI=1S/C17H27NO2/c1-4-11-20-16-10-8-7-9-15(16)12-18-13-17(5-2,6-3)14-19/h4,7-10,18-19H,1,5-6,11-14H2,2-3H3. The van der Waals surface area contributed by atoms with E-state index in [0.717, 1.165) is 37.2 Å². The van der Waals surface area contributed by atoms with Crippen molar-refractivity contribution in [2.75, 3.05) is 19.8 Å². The van der Waals surface area contributed by atoms with Gasteiger partial charge in [-0.3, -0.25) is 0 Å². The van der Waals surface area contributed by atoms with Crippen LogP contribution in [0.4, 0.5) is 0 Å². The summed E-state index contributed by atoms with van der Waals surface area (Å²) in [7, 11) is 0. The Morgan fingerprint density at radius 1 is 1.30 bits per heavy atom. The lowest BCUT2D eigenvalue weighted by Gasteiger charge is -2.29. The number of nitrogens with one attached hydrogen (secondary N) is 1. The topological polar surface area (TPSA) is 41.5 Å². The van der Waals surface area contributed by atoms with Gasteiger partial charge >= 0.3 is 0 Å². The minimum atomic E-state index is -0.0169. The second kappa shape index (κ2) is 8.77. The van der Waals surface area contributed by atoms with Gasteiger partial charge in [0.1, 0.15) is 12.4 Å². The molecule has 0 aliphatic carbocycles. The Kier molecular flexibility index (Phi) is 7.34. The predicted octanol–water partition coefficient (Wildman–Crippen LogP) is 3.14. The molecule has 0 atom stereocenters. The Morgan fingerprint density at radius 3 is 2.60 bits per heavy atom. The highest BCUT2D eigenvalue weighted by Gasteiger charge is 2.24. The number of para-hydroxylation sites is 1. The van der Waals surface area contributed by atoms with Crippen molar-refractivity contribution in [1.29, 1.82) is 0 Å². The summed E-state index contributed by atoms with van der Waals surface area (Å²) in [4.78, 5) is 0. The summed E-state index contributed by atoms with van der Waals surface area (Å²) in [6, 6.07) is 8.01. The highest BCUT2D eigenvalue weighted by atomic mass is 16.5. The zero-order valence-corrected chi connectivity index (χ0v) is 12.7. The Labute approximate surface area is 122 Å². The third-order valence-corrected chi connectivity index (χ3v) is 3.98. The van der Waals surface area contributed by atoms with Gasteiger partial charge in [-0.15, -0.1) is 0 Å². The van der Waals surface area contributed by atoms with E-state index in [-0.39, 0.29) is 12.0 Å². The second-order valence-corrected chi connectivity index (χ2v) is 5.18. The molecule has 0 heterocycles. The van der Waals surface area contributed by atoms with Gasteiger partial charge in [-0.05, 0) is 18.9 Å². The molecule has 3 heteroatoms. The summed E-state index contributed by atoms with van der Waals surface area (Å²) in [6.07, 6.45) is 3.69. The predicted molar refractivity (Wildman–Crippen MR) is 83.9 cm³/mol. The van der Waals surface area contributed by atoms with Crippen LogP contribution in [-0.4, -0.2) is 24.9 Å². The van der Waals surface area contributed by atoms with Gasteiger partial charge in [0.25, 0.3) is 0 Å². The van der Waals surface area contributed by atoms with Crippen molar-refractivity contribution in [3.05, 3.63) is 42.5 Å². The van der Waals surface area contributed by atoms with Crippen molar-refractivity contribution in [2.45, 2.75) is 33.2 Å². The number of aliphatic hydroxyl groups is 1. The molecule has 0 amide bonds. The van der Waals surface area contributed by atoms with Crippen molar-refractivity contribution in [3.63, 3.8) is 0 Å². The fourth-order valence-electron chi connectivity index (χ4n) is 2.18. The molecule has 0 radical (unpaired) electrons. The fraction of sp³-hybridized carbons (Fsp3) is 0.529. The van der Waals surface area contributed by atoms with Crippen molar-refractivity contribution in [3.8, 4) is 5.75 Å². The van der Waals surface area contributed by atoms with E-state index in [1.165, 1.54) is 0 Å². The first-order valence-electron chi connectivity index (χ1n) is 7.34. The molecule has 0 aliphatic heterocycles. The normalized spacial score (nSPS) is 11.3. The third kappa shape index (κ3) is 4.66. The zero-order chi connectivity index (χ0) is 14.8. The van der Waals surface area contributed by atoms with Gasteiger partial charge in [-0.2, -0.15) is 0 Å². The number of hydrogen-bond donors (Lipinski definition) is 2. The second-order valence-electron chi connectivity index (χ2n) is 5.18. The van der Waals surface area contributed by atoms with E-state index in [2.05, 4.69) is 31.8 Å². The summed E-state index contributed by atoms with van der Waals surface area (Å²) < 4.78 is 5.64. The smallest absolute Gasteiger partial charge is 0.124 e. The number of benzene rings is 1. The molecular formula is C17H27NO2. The van der Waals surface area contributed by atoms with Crippen molar-refractivity contribution in [1.82, 2.24) is 5.32 Å². The first kappa shape index (κ1) is 16.7. The molecule has 0 aromatic heterocycles. The van der Waals surface area contributed by atoms with Crippen LogP contribution in [0, 0.1) is 5.41 Å². The van der Waals surface area contributed by atoms with Crippen LogP contribution in [0.15, 0.2) is 36.9 Å². The molecule has 3 nitrogen and oxygen atoms in total. The molecule has 1 aromatic rings. The molecule has 0 saturated heterocycles. The van der Waals surface area contributed by atoms with Gasteiger partial charge in [-0.1, -0.05) is 44.7 Å². The van der Waals surface area contributed by atoms with Gasteiger partial charge in [0, 0.05) is 30.7 Å². The number of rotatable bonds is 10. The third-order valence-electron chi connectivity index (χ3n) is 3.98. The summed E-state index contributed by atoms with van der Waals surface area (Å²) in [5, 5.41) is 13.0. The van der Waals surface area contributed by atoms with Gasteiger partial charge in [0.2, 0.25) is 0 Å². The molecule has 2 N–H and O–H groups in total. The van der Waals surface area contributed by atoms with E-state index < -0.39 is 0 Å². The number of hydrogen-bond acceptors (Lipinski definition) is 3. The van der Waals surface area contributed by atoms with Crippen LogP contribution in [0.5, 0.6) is 5.75 Å². The minimum Gasteiger partial charge on any atom is -0.489 e. The van der Waals surface area contributed by atoms with E-state index in [9.17, 15) is 5.11 Å². The van der Waals surface area contributed by atoms with E-state index in [1.807, 2.05) is 18.2 Å². The SMILES string of the molecule is C=CCOc1ccccc1CNCC(CC)(CC)CO. The monoisotopic (exact) mass is 277 g/mol. The zero-order valence-electron chi connectivity index (χ0n) is 12.7. The molecule has 0 unspecified atom stereocenters. The summed E-state index contributed by atoms with van der Waals surface area (Å²) >= 11 is 0. The van der Waals surface area contributed by atoms with E-state index in [0.29, 0.717) is 6.61 Å². The van der Waals surface area contributed by atoms with Gasteiger partial charge in [-0.25, -0.2) is 0 Å². The lowest BCUT2D eigenvalue weighted by molar-refractivity contribution is 0.113. The maximum atomic E-state index is 9.57. The summed E-state index contributed by atoms with van der Waals surface area (Å²) in [5.74, 6) is 0.891. The first-order valence-corrected chi connectivity index (χ1v) is 7.34. The average Bonchev–Trinajstić information content (AvgIpc) is 2.51. The maximum Gasteiger partial charge on any atom is 0.124 e. The molecule has 0 spiro atoms. The fourth-order valence-corrected chi connectivity index (χ4v) is 2.18. The molecular weight excluding hydrogens is 250 g/mol. The van der Waals surface area contributed by atoms with Crippen LogP contribution in [0.25, 0.3) is 0 Å². The molecule has 0 aliphatic rings. The summed E-state index contributed by atoms with van der Waals surface area (Å²) in [5.41, 5.74) is 1.12. The molecule has 20 heavy (non-hydrogen) atoms. The highest BCUT2D eigenvalue weighted by Crippen LogP contribution is 2.25. The quantitative estimate of drug-likeness (QED) is 0.646. The Bertz CT molecular complexity index is 391. The van der Waals surface area contributed by atoms with Crippen LogP contribution in [0.2, 0.25) is 0 Å². The molecule has 112 valence electrons. The minimum absolute atomic E-state index is 0.0169. The molecule has 1 aromatic carbocycles. The molecule has 0 saturated carbocycles. The number of ether oxygens (including phenoxy) is 1. The Hall–Kier alpha value is -1.32. The number of aliphatic hydroxyl groups excluding tert-OH is 1. The van der Waals surface area contributed by atoms with E-state index >= 15 is 0 Å². The van der Waals surface area contributed by atoms with Crippen molar-refractivity contribution in [2.24, 2.45) is 5.41 Å². The van der Waals surface area contributed by atoms with Gasteiger partial charge in [0.15, 0.2) is 0 Å².